The fourth-order valence-electron chi connectivity index (χ4n) is 3.86. The Hall–Kier alpha value is -4.18. The summed E-state index contributed by atoms with van der Waals surface area (Å²) in [4.78, 5) is 0. The highest BCUT2D eigenvalue weighted by Crippen LogP contribution is 2.31. The molecule has 5 aromatic rings. The van der Waals surface area contributed by atoms with Crippen molar-refractivity contribution in [3.05, 3.63) is 109 Å². The van der Waals surface area contributed by atoms with E-state index in [0.29, 0.717) is 0 Å². The molecule has 144 valence electrons. The fourth-order valence-corrected chi connectivity index (χ4v) is 3.86. The normalized spacial score (nSPS) is 10.9. The molecule has 0 fully saturated rings. The van der Waals surface area contributed by atoms with Crippen LogP contribution in [0.4, 0.5) is 0 Å². The molecule has 0 aliphatic heterocycles. The van der Waals surface area contributed by atoms with Gasteiger partial charge in [0.25, 0.3) is 0 Å². The largest absolute Gasteiger partial charge is 0.309 e. The Kier molecular flexibility index (Phi) is 4.37. The van der Waals surface area contributed by atoms with Crippen molar-refractivity contribution in [1.82, 2.24) is 19.6 Å². The zero-order chi connectivity index (χ0) is 20.5. The van der Waals surface area contributed by atoms with Crippen LogP contribution in [0.5, 0.6) is 0 Å². The highest BCUT2D eigenvalue weighted by Gasteiger charge is 2.14. The molecule has 0 atom stereocenters. The van der Waals surface area contributed by atoms with Gasteiger partial charge >= 0.3 is 0 Å². The van der Waals surface area contributed by atoms with E-state index in [0.717, 1.165) is 44.8 Å². The lowest BCUT2D eigenvalue weighted by molar-refractivity contribution is 0.803. The number of nitrogens with zero attached hydrogens (tertiary/aromatic N) is 4. The number of para-hydroxylation sites is 1. The zero-order valence-electron chi connectivity index (χ0n) is 16.4. The van der Waals surface area contributed by atoms with Crippen molar-refractivity contribution in [3.63, 3.8) is 0 Å². The van der Waals surface area contributed by atoms with Crippen LogP contribution in [0.1, 0.15) is 11.3 Å². The molecule has 0 saturated carbocycles. The monoisotopic (exact) mass is 388 g/mol. The molecule has 2 aromatic heterocycles. The highest BCUT2D eigenvalue weighted by atomic mass is 15.4. The van der Waals surface area contributed by atoms with Crippen molar-refractivity contribution in [3.8, 4) is 22.6 Å². The van der Waals surface area contributed by atoms with Crippen LogP contribution in [0.15, 0.2) is 98.2 Å². The summed E-state index contributed by atoms with van der Waals surface area (Å²) in [5, 5.41) is 9.77. The minimum absolute atomic E-state index is 0.848. The smallest absolute Gasteiger partial charge is 0.113 e. The van der Waals surface area contributed by atoms with Crippen LogP contribution in [0.2, 0.25) is 0 Å². The predicted molar refractivity (Wildman–Crippen MR) is 124 cm³/mol. The Morgan fingerprint density at radius 3 is 2.17 bits per heavy atom. The standard InChI is InChI=1S/C26H20N4/c1-3-22-23-12-8-9-13-26(23)30(25(22)4-2)21-16-14-20(15-17-21)29-18-24(27-28-29)19-10-6-5-7-11-19/h3-18H,1-2H2. The van der Waals surface area contributed by atoms with Gasteiger partial charge in [-0.05, 0) is 36.4 Å². The maximum absolute atomic E-state index is 4.31. The van der Waals surface area contributed by atoms with Crippen LogP contribution >= 0.6 is 0 Å². The van der Waals surface area contributed by atoms with Gasteiger partial charge in [0.05, 0.1) is 23.1 Å². The number of aromatic nitrogens is 4. The molecule has 3 aromatic carbocycles. The third kappa shape index (κ3) is 2.86. The van der Waals surface area contributed by atoms with Crippen molar-refractivity contribution < 1.29 is 0 Å². The van der Waals surface area contributed by atoms with E-state index in [2.05, 4.69) is 52.3 Å². The summed E-state index contributed by atoms with van der Waals surface area (Å²) in [6, 6.07) is 26.7. The van der Waals surface area contributed by atoms with E-state index < -0.39 is 0 Å². The Morgan fingerprint density at radius 2 is 1.43 bits per heavy atom. The van der Waals surface area contributed by atoms with Gasteiger partial charge in [-0.25, -0.2) is 4.68 Å². The summed E-state index contributed by atoms with van der Waals surface area (Å²) < 4.78 is 4.00. The molecule has 0 spiro atoms. The molecule has 2 heterocycles. The molecule has 4 nitrogen and oxygen atoms in total. The molecule has 4 heteroatoms. The average molecular weight is 388 g/mol. The minimum atomic E-state index is 0.848. The van der Waals surface area contributed by atoms with E-state index in [1.54, 1.807) is 4.68 Å². The molecule has 0 N–H and O–H groups in total. The van der Waals surface area contributed by atoms with Crippen LogP contribution in [-0.4, -0.2) is 19.6 Å². The van der Waals surface area contributed by atoms with Crippen molar-refractivity contribution in [1.29, 1.82) is 0 Å². The molecule has 30 heavy (non-hydrogen) atoms. The first-order valence-electron chi connectivity index (χ1n) is 9.77. The number of fused-ring (bicyclic) bond motifs is 1. The second-order valence-electron chi connectivity index (χ2n) is 6.99. The van der Waals surface area contributed by atoms with Gasteiger partial charge in [-0.2, -0.15) is 0 Å². The van der Waals surface area contributed by atoms with E-state index in [9.17, 15) is 0 Å². The molecule has 0 aliphatic carbocycles. The minimum Gasteiger partial charge on any atom is -0.309 e. The third-order valence-electron chi connectivity index (χ3n) is 5.28. The van der Waals surface area contributed by atoms with Gasteiger partial charge < -0.3 is 4.57 Å². The van der Waals surface area contributed by atoms with E-state index in [1.807, 2.05) is 72.9 Å². The summed E-state index contributed by atoms with van der Waals surface area (Å²) in [7, 11) is 0. The van der Waals surface area contributed by atoms with Crippen molar-refractivity contribution in [2.45, 2.75) is 0 Å². The summed E-state index contributed by atoms with van der Waals surface area (Å²) in [6.45, 7) is 8.02. The first-order chi connectivity index (χ1) is 14.8. The van der Waals surface area contributed by atoms with Crippen LogP contribution < -0.4 is 0 Å². The third-order valence-corrected chi connectivity index (χ3v) is 5.28. The molecule has 5 rings (SSSR count). The first kappa shape index (κ1) is 17.9. The Balaban J connectivity index is 1.56. The SMILES string of the molecule is C=Cc1c(C=C)n(-c2ccc(-n3cc(-c4ccccc4)nn3)cc2)c2ccccc12. The van der Waals surface area contributed by atoms with Gasteiger partial charge in [-0.1, -0.05) is 73.0 Å². The van der Waals surface area contributed by atoms with Gasteiger partial charge in [0.1, 0.15) is 5.69 Å². The van der Waals surface area contributed by atoms with Crippen LogP contribution in [0.25, 0.3) is 45.7 Å². The van der Waals surface area contributed by atoms with Gasteiger partial charge in [-0.3, -0.25) is 0 Å². The van der Waals surface area contributed by atoms with Gasteiger partial charge in [0.15, 0.2) is 0 Å². The summed E-state index contributed by atoms with van der Waals surface area (Å²) in [6.07, 6.45) is 5.72. The summed E-state index contributed by atoms with van der Waals surface area (Å²) in [5.74, 6) is 0. The van der Waals surface area contributed by atoms with Crippen LogP contribution in [-0.2, 0) is 0 Å². The Morgan fingerprint density at radius 1 is 0.733 bits per heavy atom. The zero-order valence-corrected chi connectivity index (χ0v) is 16.4. The van der Waals surface area contributed by atoms with E-state index >= 15 is 0 Å². The van der Waals surface area contributed by atoms with E-state index in [4.69, 9.17) is 0 Å². The molecule has 0 aliphatic rings. The summed E-state index contributed by atoms with van der Waals surface area (Å²) in [5.41, 5.74) is 7.16. The molecule has 0 radical (unpaired) electrons. The first-order valence-corrected chi connectivity index (χ1v) is 9.77. The van der Waals surface area contributed by atoms with Gasteiger partial charge in [0, 0.05) is 22.2 Å². The number of rotatable bonds is 5. The lowest BCUT2D eigenvalue weighted by atomic mass is 10.1. The van der Waals surface area contributed by atoms with E-state index in [-0.39, 0.29) is 0 Å². The molecule has 0 amide bonds. The van der Waals surface area contributed by atoms with E-state index in [1.165, 1.54) is 0 Å². The number of hydrogen-bond acceptors (Lipinski definition) is 2. The second kappa shape index (κ2) is 7.33. The average Bonchev–Trinajstić information content (AvgIpc) is 3.42. The quantitative estimate of drug-likeness (QED) is 0.361. The van der Waals surface area contributed by atoms with Gasteiger partial charge in [-0.15, -0.1) is 5.10 Å². The number of hydrogen-bond donors (Lipinski definition) is 0. The number of benzene rings is 3. The lowest BCUT2D eigenvalue weighted by Crippen LogP contribution is -1.99. The molecular formula is C26H20N4. The highest BCUT2D eigenvalue weighted by molar-refractivity contribution is 5.95. The summed E-state index contributed by atoms with van der Waals surface area (Å²) >= 11 is 0. The predicted octanol–water partition coefficient (Wildman–Crippen LogP) is 6.16. The van der Waals surface area contributed by atoms with Crippen LogP contribution in [0.3, 0.4) is 0 Å². The molecule has 0 unspecified atom stereocenters. The van der Waals surface area contributed by atoms with Gasteiger partial charge in [0.2, 0.25) is 0 Å². The second-order valence-corrected chi connectivity index (χ2v) is 6.99. The maximum Gasteiger partial charge on any atom is 0.113 e. The Labute approximate surface area is 175 Å². The van der Waals surface area contributed by atoms with Crippen molar-refractivity contribution in [2.75, 3.05) is 0 Å². The molecule has 0 saturated heterocycles. The van der Waals surface area contributed by atoms with Crippen molar-refractivity contribution >= 4 is 23.1 Å². The molecular weight excluding hydrogens is 368 g/mol. The topological polar surface area (TPSA) is 35.6 Å². The molecule has 0 bridgehead atoms. The maximum atomic E-state index is 4.31. The fraction of sp³-hybridized carbons (Fsp3) is 0. The Bertz CT molecular complexity index is 1360. The van der Waals surface area contributed by atoms with Crippen molar-refractivity contribution in [2.24, 2.45) is 0 Å². The van der Waals surface area contributed by atoms with Crippen LogP contribution in [0, 0.1) is 0 Å². The lowest BCUT2D eigenvalue weighted by Gasteiger charge is -2.10.